The molecule has 1 atom stereocenters. The second-order valence-corrected chi connectivity index (χ2v) is 10.2. The maximum absolute atomic E-state index is 13.4. The number of hydrogen-bond acceptors (Lipinski definition) is 4. The summed E-state index contributed by atoms with van der Waals surface area (Å²) in [5.74, 6) is -0.677. The van der Waals surface area contributed by atoms with Crippen molar-refractivity contribution in [1.82, 2.24) is 10.2 Å². The van der Waals surface area contributed by atoms with Crippen molar-refractivity contribution in [3.63, 3.8) is 0 Å². The van der Waals surface area contributed by atoms with Crippen molar-refractivity contribution in [1.29, 1.82) is 0 Å². The van der Waals surface area contributed by atoms with E-state index >= 15 is 0 Å². The van der Waals surface area contributed by atoms with Gasteiger partial charge in [0.15, 0.2) is 0 Å². The maximum Gasteiger partial charge on any atom is 0.244 e. The Labute approximate surface area is 197 Å². The standard InChI is InChI=1S/C25H35N3O4S/c1-6-15-26-25(30)21(4)27(16-14-22-10-8-7-9-11-22)24(29)18-28(33(5,31)32)23-13-12-19(2)20(3)17-23/h7-13,17,21H,6,14-16,18H2,1-5H3,(H,26,30). The van der Waals surface area contributed by atoms with E-state index in [2.05, 4.69) is 5.32 Å². The molecule has 0 aliphatic heterocycles. The first-order valence-electron chi connectivity index (χ1n) is 11.2. The molecule has 2 amide bonds. The van der Waals surface area contributed by atoms with Crippen LogP contribution in [0, 0.1) is 13.8 Å². The molecule has 180 valence electrons. The second-order valence-electron chi connectivity index (χ2n) is 8.33. The Morgan fingerprint density at radius 3 is 2.27 bits per heavy atom. The highest BCUT2D eigenvalue weighted by atomic mass is 32.2. The highest BCUT2D eigenvalue weighted by Gasteiger charge is 2.29. The van der Waals surface area contributed by atoms with E-state index in [-0.39, 0.29) is 12.5 Å². The Morgan fingerprint density at radius 1 is 1.03 bits per heavy atom. The molecule has 1 N–H and O–H groups in total. The maximum atomic E-state index is 13.4. The van der Waals surface area contributed by atoms with E-state index in [1.165, 1.54) is 4.90 Å². The topological polar surface area (TPSA) is 86.8 Å². The first-order valence-corrected chi connectivity index (χ1v) is 13.1. The summed E-state index contributed by atoms with van der Waals surface area (Å²) in [7, 11) is -3.72. The minimum absolute atomic E-state index is 0.254. The van der Waals surface area contributed by atoms with Crippen LogP contribution in [0.25, 0.3) is 0 Å². The number of carbonyl (C=O) groups excluding carboxylic acids is 2. The molecule has 0 radical (unpaired) electrons. The summed E-state index contributed by atoms with van der Waals surface area (Å²) >= 11 is 0. The SMILES string of the molecule is CCCNC(=O)C(C)N(CCc1ccccc1)C(=O)CN(c1ccc(C)c(C)c1)S(C)(=O)=O. The first kappa shape index (κ1) is 26.4. The van der Waals surface area contributed by atoms with Gasteiger partial charge in [-0.2, -0.15) is 0 Å². The number of hydrogen-bond donors (Lipinski definition) is 1. The largest absolute Gasteiger partial charge is 0.354 e. The number of benzene rings is 2. The van der Waals surface area contributed by atoms with Crippen LogP contribution in [0.3, 0.4) is 0 Å². The first-order chi connectivity index (χ1) is 15.5. The molecule has 0 heterocycles. The smallest absolute Gasteiger partial charge is 0.244 e. The molecule has 2 rings (SSSR count). The summed E-state index contributed by atoms with van der Waals surface area (Å²) in [6.07, 6.45) is 2.42. The third-order valence-electron chi connectivity index (χ3n) is 5.66. The number of rotatable bonds is 11. The molecule has 8 heteroatoms. The molecule has 0 spiro atoms. The molecule has 0 saturated carbocycles. The van der Waals surface area contributed by atoms with E-state index in [1.54, 1.807) is 19.1 Å². The molecule has 0 saturated heterocycles. The fourth-order valence-corrected chi connectivity index (χ4v) is 4.30. The summed E-state index contributed by atoms with van der Waals surface area (Å²) in [6, 6.07) is 14.2. The number of nitrogens with one attached hydrogen (secondary N) is 1. The highest BCUT2D eigenvalue weighted by Crippen LogP contribution is 2.22. The second kappa shape index (κ2) is 11.8. The van der Waals surface area contributed by atoms with Gasteiger partial charge in [-0.05, 0) is 62.4 Å². The molecule has 2 aromatic carbocycles. The molecule has 0 fully saturated rings. The van der Waals surface area contributed by atoms with Crippen LogP contribution in [0.15, 0.2) is 48.5 Å². The van der Waals surface area contributed by atoms with Gasteiger partial charge in [0.2, 0.25) is 21.8 Å². The van der Waals surface area contributed by atoms with Gasteiger partial charge in [0, 0.05) is 13.1 Å². The summed E-state index contributed by atoms with van der Waals surface area (Å²) in [4.78, 5) is 27.5. The highest BCUT2D eigenvalue weighted by molar-refractivity contribution is 7.92. The lowest BCUT2D eigenvalue weighted by atomic mass is 10.1. The van der Waals surface area contributed by atoms with Gasteiger partial charge in [-0.3, -0.25) is 13.9 Å². The molecule has 33 heavy (non-hydrogen) atoms. The van der Waals surface area contributed by atoms with Crippen molar-refractivity contribution in [2.75, 3.05) is 30.2 Å². The predicted molar refractivity (Wildman–Crippen MR) is 133 cm³/mol. The fourth-order valence-electron chi connectivity index (χ4n) is 3.46. The van der Waals surface area contributed by atoms with Crippen molar-refractivity contribution in [2.24, 2.45) is 0 Å². The minimum Gasteiger partial charge on any atom is -0.354 e. The van der Waals surface area contributed by atoms with Gasteiger partial charge < -0.3 is 10.2 Å². The lowest BCUT2D eigenvalue weighted by Crippen LogP contribution is -2.52. The zero-order valence-electron chi connectivity index (χ0n) is 20.2. The summed E-state index contributed by atoms with van der Waals surface area (Å²) in [6.45, 7) is 7.91. The van der Waals surface area contributed by atoms with Crippen molar-refractivity contribution in [3.8, 4) is 0 Å². The third kappa shape index (κ3) is 7.60. The zero-order chi connectivity index (χ0) is 24.6. The van der Waals surface area contributed by atoms with E-state index in [1.807, 2.05) is 57.2 Å². The molecular formula is C25H35N3O4S. The molecule has 0 aliphatic carbocycles. The molecule has 2 aromatic rings. The van der Waals surface area contributed by atoms with Crippen LogP contribution in [0.2, 0.25) is 0 Å². The Morgan fingerprint density at radius 2 is 1.70 bits per heavy atom. The zero-order valence-corrected chi connectivity index (χ0v) is 21.0. The van der Waals surface area contributed by atoms with Crippen LogP contribution >= 0.6 is 0 Å². The molecular weight excluding hydrogens is 438 g/mol. The number of anilines is 1. The van der Waals surface area contributed by atoms with Crippen molar-refractivity contribution >= 4 is 27.5 Å². The lowest BCUT2D eigenvalue weighted by molar-refractivity contribution is -0.138. The molecule has 0 bridgehead atoms. The summed E-state index contributed by atoms with van der Waals surface area (Å²) in [5, 5.41) is 2.83. The Bertz CT molecular complexity index is 1050. The van der Waals surface area contributed by atoms with Crippen LogP contribution in [-0.2, 0) is 26.0 Å². The Kier molecular flexibility index (Phi) is 9.46. The van der Waals surface area contributed by atoms with Gasteiger partial charge in [0.05, 0.1) is 11.9 Å². The van der Waals surface area contributed by atoms with Gasteiger partial charge in [-0.15, -0.1) is 0 Å². The van der Waals surface area contributed by atoms with Crippen LogP contribution in [0.1, 0.15) is 37.0 Å². The van der Waals surface area contributed by atoms with E-state index in [9.17, 15) is 18.0 Å². The molecule has 7 nitrogen and oxygen atoms in total. The normalized spacial score (nSPS) is 12.2. The average Bonchev–Trinajstić information content (AvgIpc) is 2.77. The number of carbonyl (C=O) groups is 2. The van der Waals surface area contributed by atoms with Crippen molar-refractivity contribution in [2.45, 2.75) is 46.6 Å². The van der Waals surface area contributed by atoms with E-state index in [0.717, 1.165) is 33.7 Å². The van der Waals surface area contributed by atoms with Crippen LogP contribution in [-0.4, -0.2) is 57.1 Å². The number of aryl methyl sites for hydroxylation is 2. The fraction of sp³-hybridized carbons (Fsp3) is 0.440. The Balaban J connectivity index is 2.31. The molecule has 1 unspecified atom stereocenters. The van der Waals surface area contributed by atoms with Gasteiger partial charge in [-0.1, -0.05) is 43.3 Å². The Hall–Kier alpha value is -2.87. The number of nitrogens with zero attached hydrogens (tertiary/aromatic N) is 2. The quantitative estimate of drug-likeness (QED) is 0.543. The van der Waals surface area contributed by atoms with Gasteiger partial charge >= 0.3 is 0 Å². The van der Waals surface area contributed by atoms with Crippen molar-refractivity contribution < 1.29 is 18.0 Å². The lowest BCUT2D eigenvalue weighted by Gasteiger charge is -2.31. The molecule has 0 aliphatic rings. The van der Waals surface area contributed by atoms with Gasteiger partial charge in [0.1, 0.15) is 12.6 Å². The average molecular weight is 474 g/mol. The van der Waals surface area contributed by atoms with Gasteiger partial charge in [-0.25, -0.2) is 8.42 Å². The predicted octanol–water partition coefficient (Wildman–Crippen LogP) is 3.06. The molecule has 0 aromatic heterocycles. The van der Waals surface area contributed by atoms with Gasteiger partial charge in [0.25, 0.3) is 0 Å². The summed E-state index contributed by atoms with van der Waals surface area (Å²) < 4.78 is 26.3. The third-order valence-corrected chi connectivity index (χ3v) is 6.80. The van der Waals surface area contributed by atoms with E-state index in [0.29, 0.717) is 25.2 Å². The minimum atomic E-state index is -3.72. The van der Waals surface area contributed by atoms with Crippen LogP contribution in [0.4, 0.5) is 5.69 Å². The van der Waals surface area contributed by atoms with Crippen LogP contribution < -0.4 is 9.62 Å². The summed E-state index contributed by atoms with van der Waals surface area (Å²) in [5.41, 5.74) is 3.43. The monoisotopic (exact) mass is 473 g/mol. The van der Waals surface area contributed by atoms with Crippen LogP contribution in [0.5, 0.6) is 0 Å². The van der Waals surface area contributed by atoms with E-state index < -0.39 is 22.0 Å². The number of sulfonamides is 1. The number of amides is 2. The van der Waals surface area contributed by atoms with E-state index in [4.69, 9.17) is 0 Å². The van der Waals surface area contributed by atoms with Crippen molar-refractivity contribution in [3.05, 3.63) is 65.2 Å².